The molecule has 1 aromatic heterocycles. The van der Waals surface area contributed by atoms with E-state index in [2.05, 4.69) is 10.3 Å². The fourth-order valence-corrected chi connectivity index (χ4v) is 1.60. The van der Waals surface area contributed by atoms with Gasteiger partial charge in [-0.1, -0.05) is 13.8 Å². The summed E-state index contributed by atoms with van der Waals surface area (Å²) in [6.45, 7) is 4.08. The molecule has 18 heavy (non-hydrogen) atoms. The van der Waals surface area contributed by atoms with Crippen LogP contribution in [-0.4, -0.2) is 24.6 Å². The number of hydrogen-bond donors (Lipinski definition) is 1. The molecule has 0 atom stereocenters. The van der Waals surface area contributed by atoms with E-state index < -0.39 is 0 Å². The molecule has 5 nitrogen and oxygen atoms in total. The first kappa shape index (κ1) is 12.6. The van der Waals surface area contributed by atoms with Gasteiger partial charge in [-0.15, -0.1) is 0 Å². The quantitative estimate of drug-likeness (QED) is 0.903. The number of aromatic nitrogens is 1. The number of benzene rings is 1. The molecule has 2 aromatic rings. The maximum atomic E-state index is 11.4. The number of rotatable bonds is 4. The summed E-state index contributed by atoms with van der Waals surface area (Å²) >= 11 is 0. The van der Waals surface area contributed by atoms with Gasteiger partial charge in [-0.2, -0.15) is 0 Å². The van der Waals surface area contributed by atoms with E-state index >= 15 is 0 Å². The lowest BCUT2D eigenvalue weighted by Gasteiger charge is -2.03. The Hall–Kier alpha value is -1.88. The van der Waals surface area contributed by atoms with Crippen molar-refractivity contribution >= 4 is 22.7 Å². The molecule has 0 aliphatic carbocycles. The van der Waals surface area contributed by atoms with E-state index in [0.717, 1.165) is 11.1 Å². The summed E-state index contributed by atoms with van der Waals surface area (Å²) in [6, 6.07) is 5.38. The highest BCUT2D eigenvalue weighted by Crippen LogP contribution is 2.23. The van der Waals surface area contributed by atoms with Crippen molar-refractivity contribution in [2.45, 2.75) is 19.8 Å². The highest BCUT2D eigenvalue weighted by molar-refractivity contribution is 5.93. The monoisotopic (exact) mass is 248 g/mol. The fourth-order valence-electron chi connectivity index (χ4n) is 1.60. The average molecular weight is 248 g/mol. The summed E-state index contributed by atoms with van der Waals surface area (Å²) in [5.74, 6) is 0.749. The Morgan fingerprint density at radius 1 is 1.50 bits per heavy atom. The van der Waals surface area contributed by atoms with Gasteiger partial charge < -0.3 is 14.5 Å². The highest BCUT2D eigenvalue weighted by Gasteiger charge is 2.10. The first-order valence-electron chi connectivity index (χ1n) is 5.79. The molecule has 0 unspecified atom stereocenters. The average Bonchev–Trinajstić information content (AvgIpc) is 2.72. The highest BCUT2D eigenvalue weighted by atomic mass is 16.5. The first-order chi connectivity index (χ1) is 8.60. The maximum absolute atomic E-state index is 11.4. The van der Waals surface area contributed by atoms with Crippen molar-refractivity contribution in [2.75, 3.05) is 19.0 Å². The number of oxazole rings is 1. The summed E-state index contributed by atoms with van der Waals surface area (Å²) in [6.07, 6.45) is 0. The lowest BCUT2D eigenvalue weighted by molar-refractivity contribution is -0.119. The molecule has 0 spiro atoms. The van der Waals surface area contributed by atoms with Crippen LogP contribution in [0.4, 0.5) is 5.69 Å². The Bertz CT molecular complexity index is 560. The third kappa shape index (κ3) is 2.68. The number of hydrogen-bond acceptors (Lipinski definition) is 4. The van der Waals surface area contributed by atoms with Crippen LogP contribution in [0.15, 0.2) is 22.6 Å². The largest absolute Gasteiger partial charge is 0.440 e. The molecule has 0 bridgehead atoms. The van der Waals surface area contributed by atoms with E-state index in [-0.39, 0.29) is 18.4 Å². The summed E-state index contributed by atoms with van der Waals surface area (Å²) in [5.41, 5.74) is 2.16. The van der Waals surface area contributed by atoms with E-state index in [4.69, 9.17) is 9.15 Å². The van der Waals surface area contributed by atoms with Crippen LogP contribution in [-0.2, 0) is 9.53 Å². The van der Waals surface area contributed by atoms with Crippen LogP contribution in [0, 0.1) is 0 Å². The van der Waals surface area contributed by atoms with Crippen LogP contribution in [0.2, 0.25) is 0 Å². The lowest BCUT2D eigenvalue weighted by atomic mass is 10.2. The van der Waals surface area contributed by atoms with E-state index in [1.54, 1.807) is 18.2 Å². The second-order valence-corrected chi connectivity index (χ2v) is 4.37. The smallest absolute Gasteiger partial charge is 0.250 e. The third-order valence-corrected chi connectivity index (χ3v) is 2.46. The third-order valence-electron chi connectivity index (χ3n) is 2.46. The molecule has 1 amide bonds. The fraction of sp³-hybridized carbons (Fsp3) is 0.385. The van der Waals surface area contributed by atoms with E-state index in [0.29, 0.717) is 11.6 Å². The van der Waals surface area contributed by atoms with Gasteiger partial charge in [0.2, 0.25) is 5.91 Å². The molecular weight excluding hydrogens is 232 g/mol. The van der Waals surface area contributed by atoms with Crippen molar-refractivity contribution in [3.63, 3.8) is 0 Å². The zero-order chi connectivity index (χ0) is 13.1. The standard InChI is InChI=1S/C13H16N2O3/c1-8(2)13-15-10-6-9(4-5-11(10)18-13)14-12(16)7-17-3/h4-6,8H,7H2,1-3H3,(H,14,16). The Kier molecular flexibility index (Phi) is 3.62. The Morgan fingerprint density at radius 3 is 2.94 bits per heavy atom. The number of anilines is 1. The first-order valence-corrected chi connectivity index (χ1v) is 5.79. The van der Waals surface area contributed by atoms with Crippen molar-refractivity contribution in [3.05, 3.63) is 24.1 Å². The molecule has 0 saturated carbocycles. The lowest BCUT2D eigenvalue weighted by Crippen LogP contribution is -2.16. The molecule has 0 aliphatic heterocycles. The molecule has 2 rings (SSSR count). The van der Waals surface area contributed by atoms with Gasteiger partial charge >= 0.3 is 0 Å². The van der Waals surface area contributed by atoms with Crippen LogP contribution in [0.3, 0.4) is 0 Å². The SMILES string of the molecule is COCC(=O)Nc1ccc2oc(C(C)C)nc2c1. The van der Waals surface area contributed by atoms with Crippen LogP contribution in [0.1, 0.15) is 25.7 Å². The molecule has 0 aliphatic rings. The predicted molar refractivity (Wildman–Crippen MR) is 68.6 cm³/mol. The normalized spacial score (nSPS) is 11.1. The van der Waals surface area contributed by atoms with Gasteiger partial charge in [-0.05, 0) is 18.2 Å². The topological polar surface area (TPSA) is 64.4 Å². The van der Waals surface area contributed by atoms with Crippen molar-refractivity contribution < 1.29 is 13.9 Å². The maximum Gasteiger partial charge on any atom is 0.250 e. The summed E-state index contributed by atoms with van der Waals surface area (Å²) < 4.78 is 10.3. The minimum atomic E-state index is -0.190. The Morgan fingerprint density at radius 2 is 2.28 bits per heavy atom. The second kappa shape index (κ2) is 5.18. The van der Waals surface area contributed by atoms with Crippen molar-refractivity contribution in [2.24, 2.45) is 0 Å². The van der Waals surface area contributed by atoms with Gasteiger partial charge in [0.25, 0.3) is 0 Å². The summed E-state index contributed by atoms with van der Waals surface area (Å²) in [7, 11) is 1.48. The second-order valence-electron chi connectivity index (χ2n) is 4.37. The molecule has 0 radical (unpaired) electrons. The van der Waals surface area contributed by atoms with Gasteiger partial charge in [0.1, 0.15) is 12.1 Å². The summed E-state index contributed by atoms with van der Waals surface area (Å²) in [4.78, 5) is 15.8. The van der Waals surface area contributed by atoms with E-state index in [1.807, 2.05) is 13.8 Å². The number of methoxy groups -OCH3 is 1. The Balaban J connectivity index is 2.24. The van der Waals surface area contributed by atoms with Crippen molar-refractivity contribution in [3.8, 4) is 0 Å². The van der Waals surface area contributed by atoms with Gasteiger partial charge in [-0.3, -0.25) is 4.79 Å². The molecule has 1 N–H and O–H groups in total. The number of carbonyl (C=O) groups excluding carboxylic acids is 1. The molecule has 1 aromatic carbocycles. The number of amides is 1. The molecule has 1 heterocycles. The van der Waals surface area contributed by atoms with Crippen molar-refractivity contribution in [1.29, 1.82) is 0 Å². The van der Waals surface area contributed by atoms with Crippen LogP contribution < -0.4 is 5.32 Å². The van der Waals surface area contributed by atoms with Crippen molar-refractivity contribution in [1.82, 2.24) is 4.98 Å². The molecule has 96 valence electrons. The van der Waals surface area contributed by atoms with Gasteiger partial charge in [0.15, 0.2) is 11.5 Å². The number of fused-ring (bicyclic) bond motifs is 1. The van der Waals surface area contributed by atoms with Gasteiger partial charge in [0.05, 0.1) is 0 Å². The summed E-state index contributed by atoms with van der Waals surface area (Å²) in [5, 5.41) is 2.73. The minimum absolute atomic E-state index is 0.0358. The molecule has 0 saturated heterocycles. The molecule has 0 fully saturated rings. The number of ether oxygens (including phenoxy) is 1. The number of carbonyl (C=O) groups is 1. The van der Waals surface area contributed by atoms with Crippen LogP contribution in [0.5, 0.6) is 0 Å². The zero-order valence-corrected chi connectivity index (χ0v) is 10.7. The molecular formula is C13H16N2O3. The van der Waals surface area contributed by atoms with Gasteiger partial charge in [0, 0.05) is 18.7 Å². The molecule has 5 heteroatoms. The number of nitrogens with one attached hydrogen (secondary N) is 1. The van der Waals surface area contributed by atoms with Crippen LogP contribution in [0.25, 0.3) is 11.1 Å². The van der Waals surface area contributed by atoms with E-state index in [9.17, 15) is 4.79 Å². The zero-order valence-electron chi connectivity index (χ0n) is 10.7. The minimum Gasteiger partial charge on any atom is -0.440 e. The number of nitrogens with zero attached hydrogens (tertiary/aromatic N) is 1. The Labute approximate surface area is 105 Å². The van der Waals surface area contributed by atoms with Gasteiger partial charge in [-0.25, -0.2) is 4.98 Å². The predicted octanol–water partition coefficient (Wildman–Crippen LogP) is 2.54. The van der Waals surface area contributed by atoms with E-state index in [1.165, 1.54) is 7.11 Å². The van der Waals surface area contributed by atoms with Crippen LogP contribution >= 0.6 is 0 Å².